The lowest BCUT2D eigenvalue weighted by Crippen LogP contribution is -2.48. The molecule has 1 N–H and O–H groups in total. The second-order valence-electron chi connectivity index (χ2n) is 6.25. The van der Waals surface area contributed by atoms with Crippen LogP contribution in [0, 0.1) is 11.8 Å². The molecular formula is C14H27NO. The maximum absolute atomic E-state index is 9.85. The van der Waals surface area contributed by atoms with Crippen LogP contribution in [0.2, 0.25) is 0 Å². The van der Waals surface area contributed by atoms with Crippen LogP contribution in [0.5, 0.6) is 0 Å². The van der Waals surface area contributed by atoms with Gasteiger partial charge in [-0.1, -0.05) is 6.92 Å². The molecule has 0 aromatic heterocycles. The van der Waals surface area contributed by atoms with Crippen LogP contribution >= 0.6 is 0 Å². The molecule has 0 radical (unpaired) electrons. The first-order valence-corrected chi connectivity index (χ1v) is 7.01. The van der Waals surface area contributed by atoms with E-state index in [1.165, 1.54) is 25.8 Å². The summed E-state index contributed by atoms with van der Waals surface area (Å²) in [6.07, 6.45) is 5.99. The Morgan fingerprint density at radius 2 is 1.88 bits per heavy atom. The van der Waals surface area contributed by atoms with Crippen molar-refractivity contribution in [3.05, 3.63) is 0 Å². The summed E-state index contributed by atoms with van der Waals surface area (Å²) in [6.45, 7) is 8.23. The van der Waals surface area contributed by atoms with E-state index in [-0.39, 0.29) is 6.10 Å². The van der Waals surface area contributed by atoms with E-state index in [1.807, 2.05) is 0 Å². The Morgan fingerprint density at radius 1 is 1.19 bits per heavy atom. The summed E-state index contributed by atoms with van der Waals surface area (Å²) >= 11 is 0. The molecule has 0 saturated heterocycles. The molecule has 2 saturated carbocycles. The fourth-order valence-corrected chi connectivity index (χ4v) is 3.07. The molecule has 3 unspecified atom stereocenters. The Morgan fingerprint density at radius 3 is 2.44 bits per heavy atom. The zero-order valence-electron chi connectivity index (χ0n) is 11.0. The third-order valence-electron chi connectivity index (χ3n) is 4.38. The maximum atomic E-state index is 9.85. The quantitative estimate of drug-likeness (QED) is 0.795. The molecule has 0 spiro atoms. The smallest absolute Gasteiger partial charge is 0.0555 e. The van der Waals surface area contributed by atoms with E-state index in [0.717, 1.165) is 24.7 Å². The average molecular weight is 225 g/mol. The number of rotatable bonds is 4. The molecule has 3 atom stereocenters. The summed E-state index contributed by atoms with van der Waals surface area (Å²) in [7, 11) is 0. The second-order valence-corrected chi connectivity index (χ2v) is 6.25. The van der Waals surface area contributed by atoms with Crippen LogP contribution in [0.3, 0.4) is 0 Å². The highest BCUT2D eigenvalue weighted by Crippen LogP contribution is 2.35. The van der Waals surface area contributed by atoms with Crippen molar-refractivity contribution >= 4 is 0 Å². The zero-order chi connectivity index (χ0) is 11.7. The molecule has 2 aliphatic rings. The van der Waals surface area contributed by atoms with Gasteiger partial charge in [-0.05, 0) is 57.8 Å². The normalized spacial score (nSPS) is 36.0. The Labute approximate surface area is 100 Å². The Bertz CT molecular complexity index is 223. The van der Waals surface area contributed by atoms with Gasteiger partial charge in [0.15, 0.2) is 0 Å². The lowest BCUT2D eigenvalue weighted by atomic mass is 9.82. The van der Waals surface area contributed by atoms with Gasteiger partial charge in [0.05, 0.1) is 6.10 Å². The molecule has 0 aromatic carbocycles. The van der Waals surface area contributed by atoms with Gasteiger partial charge in [0.2, 0.25) is 0 Å². The van der Waals surface area contributed by atoms with E-state index in [9.17, 15) is 5.11 Å². The van der Waals surface area contributed by atoms with E-state index in [2.05, 4.69) is 25.7 Å². The first-order chi connectivity index (χ1) is 7.58. The Kier molecular flexibility index (Phi) is 3.91. The van der Waals surface area contributed by atoms with Crippen molar-refractivity contribution in [2.24, 2.45) is 11.8 Å². The average Bonchev–Trinajstić information content (AvgIpc) is 3.02. The van der Waals surface area contributed by atoms with Crippen LogP contribution in [0.15, 0.2) is 0 Å². The molecular weight excluding hydrogens is 198 g/mol. The highest BCUT2D eigenvalue weighted by atomic mass is 16.3. The van der Waals surface area contributed by atoms with Gasteiger partial charge in [-0.25, -0.2) is 0 Å². The zero-order valence-corrected chi connectivity index (χ0v) is 11.0. The van der Waals surface area contributed by atoms with Crippen LogP contribution < -0.4 is 0 Å². The molecule has 0 amide bonds. The van der Waals surface area contributed by atoms with Gasteiger partial charge in [0.1, 0.15) is 0 Å². The van der Waals surface area contributed by atoms with Crippen LogP contribution in [0.25, 0.3) is 0 Å². The van der Waals surface area contributed by atoms with E-state index in [0.29, 0.717) is 12.1 Å². The lowest BCUT2D eigenvalue weighted by molar-refractivity contribution is 0.0158. The van der Waals surface area contributed by atoms with Crippen LogP contribution in [0.1, 0.15) is 52.9 Å². The maximum Gasteiger partial charge on any atom is 0.0555 e. The highest BCUT2D eigenvalue weighted by molar-refractivity contribution is 4.89. The molecule has 0 aliphatic heterocycles. The van der Waals surface area contributed by atoms with Crippen LogP contribution in [-0.4, -0.2) is 34.7 Å². The van der Waals surface area contributed by atoms with E-state index >= 15 is 0 Å². The Balaban J connectivity index is 1.98. The molecule has 0 heterocycles. The third kappa shape index (κ3) is 2.98. The highest BCUT2D eigenvalue weighted by Gasteiger charge is 2.35. The number of aliphatic hydroxyl groups excluding tert-OH is 1. The van der Waals surface area contributed by atoms with E-state index in [1.54, 1.807) is 0 Å². The molecule has 0 bridgehead atoms. The molecule has 16 heavy (non-hydrogen) atoms. The summed E-state index contributed by atoms with van der Waals surface area (Å²) in [5, 5.41) is 9.85. The standard InChI is InChI=1S/C14H27NO/c1-10(2)15(9-12-5-6-12)14-8-13(16)7-4-11(14)3/h10-14,16H,4-9H2,1-3H3. The molecule has 94 valence electrons. The van der Waals surface area contributed by atoms with Crippen molar-refractivity contribution in [3.63, 3.8) is 0 Å². The number of nitrogens with zero attached hydrogens (tertiary/aromatic N) is 1. The number of hydrogen-bond acceptors (Lipinski definition) is 2. The number of aliphatic hydroxyl groups is 1. The van der Waals surface area contributed by atoms with Gasteiger partial charge in [-0.3, -0.25) is 4.90 Å². The lowest BCUT2D eigenvalue weighted by Gasteiger charge is -2.42. The fraction of sp³-hybridized carbons (Fsp3) is 1.00. The molecule has 0 aromatic rings. The van der Waals surface area contributed by atoms with Crippen molar-refractivity contribution in [3.8, 4) is 0 Å². The van der Waals surface area contributed by atoms with Crippen LogP contribution in [-0.2, 0) is 0 Å². The second kappa shape index (κ2) is 5.05. The van der Waals surface area contributed by atoms with E-state index in [4.69, 9.17) is 0 Å². The summed E-state index contributed by atoms with van der Waals surface area (Å²) in [4.78, 5) is 2.66. The third-order valence-corrected chi connectivity index (χ3v) is 4.38. The van der Waals surface area contributed by atoms with Crippen molar-refractivity contribution in [1.82, 2.24) is 4.90 Å². The Hall–Kier alpha value is -0.0800. The summed E-state index contributed by atoms with van der Waals surface area (Å²) in [5.41, 5.74) is 0. The minimum Gasteiger partial charge on any atom is -0.393 e. The monoisotopic (exact) mass is 225 g/mol. The van der Waals surface area contributed by atoms with Gasteiger partial charge < -0.3 is 5.11 Å². The van der Waals surface area contributed by atoms with Gasteiger partial charge in [0.25, 0.3) is 0 Å². The van der Waals surface area contributed by atoms with Crippen molar-refractivity contribution in [1.29, 1.82) is 0 Å². The number of hydrogen-bond donors (Lipinski definition) is 1. The van der Waals surface area contributed by atoms with Gasteiger partial charge in [0, 0.05) is 18.6 Å². The predicted octanol–water partition coefficient (Wildman–Crippen LogP) is 2.66. The molecule has 2 rings (SSSR count). The SMILES string of the molecule is CC1CCC(O)CC1N(CC1CC1)C(C)C. The largest absolute Gasteiger partial charge is 0.393 e. The minimum atomic E-state index is -0.0540. The summed E-state index contributed by atoms with van der Waals surface area (Å²) < 4.78 is 0. The first kappa shape index (κ1) is 12.4. The van der Waals surface area contributed by atoms with Crippen LogP contribution in [0.4, 0.5) is 0 Å². The van der Waals surface area contributed by atoms with Gasteiger partial charge in [-0.2, -0.15) is 0 Å². The fourth-order valence-electron chi connectivity index (χ4n) is 3.07. The van der Waals surface area contributed by atoms with Gasteiger partial charge in [-0.15, -0.1) is 0 Å². The molecule has 2 fully saturated rings. The van der Waals surface area contributed by atoms with Crippen molar-refractivity contribution < 1.29 is 5.11 Å². The first-order valence-electron chi connectivity index (χ1n) is 7.01. The van der Waals surface area contributed by atoms with Crippen molar-refractivity contribution in [2.45, 2.75) is 71.1 Å². The van der Waals surface area contributed by atoms with E-state index < -0.39 is 0 Å². The molecule has 2 nitrogen and oxygen atoms in total. The molecule has 2 heteroatoms. The van der Waals surface area contributed by atoms with Gasteiger partial charge >= 0.3 is 0 Å². The topological polar surface area (TPSA) is 23.5 Å². The van der Waals surface area contributed by atoms with Crippen molar-refractivity contribution in [2.75, 3.05) is 6.54 Å². The molecule has 2 aliphatic carbocycles. The summed E-state index contributed by atoms with van der Waals surface area (Å²) in [6, 6.07) is 1.24. The predicted molar refractivity (Wildman–Crippen MR) is 67.4 cm³/mol. The minimum absolute atomic E-state index is 0.0540. The summed E-state index contributed by atoms with van der Waals surface area (Å²) in [5.74, 6) is 1.71.